The molecule has 1 aromatic carbocycles. The Morgan fingerprint density at radius 1 is 1.46 bits per heavy atom. The average Bonchev–Trinajstić information content (AvgIpc) is 2.79. The van der Waals surface area contributed by atoms with E-state index in [1.165, 1.54) is 0 Å². The lowest BCUT2D eigenvalue weighted by molar-refractivity contribution is 0.0838. The first-order chi connectivity index (χ1) is 6.22. The summed E-state index contributed by atoms with van der Waals surface area (Å²) in [5.41, 5.74) is 0.535. The smallest absolute Gasteiger partial charge is 0.176 e. The van der Waals surface area contributed by atoms with Crippen LogP contribution in [0, 0.1) is 5.41 Å². The van der Waals surface area contributed by atoms with E-state index in [0.29, 0.717) is 0 Å². The first kappa shape index (κ1) is 7.13. The van der Waals surface area contributed by atoms with Crippen molar-refractivity contribution in [2.24, 2.45) is 5.41 Å². The van der Waals surface area contributed by atoms with Gasteiger partial charge in [0.25, 0.3) is 0 Å². The molecule has 2 aliphatic rings. The van der Waals surface area contributed by atoms with Gasteiger partial charge < -0.3 is 4.74 Å². The molecule has 2 heteroatoms. The lowest BCUT2D eigenvalue weighted by Crippen LogP contribution is -2.25. The molecule has 0 amide bonds. The van der Waals surface area contributed by atoms with Crippen LogP contribution in [0.3, 0.4) is 0 Å². The van der Waals surface area contributed by atoms with Crippen LogP contribution in [0.2, 0.25) is 0 Å². The molecule has 0 spiro atoms. The number of para-hydroxylation sites is 1. The van der Waals surface area contributed by atoms with Crippen LogP contribution < -0.4 is 4.74 Å². The summed E-state index contributed by atoms with van der Waals surface area (Å²) < 4.78 is 5.66. The Hall–Kier alpha value is -1.31. The number of ketones is 1. The molecule has 1 aliphatic heterocycles. The van der Waals surface area contributed by atoms with Crippen LogP contribution in [0.4, 0.5) is 0 Å². The van der Waals surface area contributed by atoms with Crippen molar-refractivity contribution in [2.75, 3.05) is 0 Å². The molecule has 0 radical (unpaired) electrons. The van der Waals surface area contributed by atoms with Gasteiger partial charge in [0.1, 0.15) is 11.9 Å². The highest BCUT2D eigenvalue weighted by atomic mass is 16.5. The van der Waals surface area contributed by atoms with Gasteiger partial charge in [0, 0.05) is 6.42 Å². The molecule has 0 bridgehead atoms. The van der Waals surface area contributed by atoms with Gasteiger partial charge in [-0.05, 0) is 19.1 Å². The van der Waals surface area contributed by atoms with Crippen LogP contribution in [0.25, 0.3) is 0 Å². The summed E-state index contributed by atoms with van der Waals surface area (Å²) in [6.45, 7) is 1.98. The third kappa shape index (κ3) is 0.755. The number of Topliss-reactive ketones (excluding diaryl/α,β-unsaturated/α-hetero) is 1. The quantitative estimate of drug-likeness (QED) is 0.601. The Morgan fingerprint density at radius 2 is 2.23 bits per heavy atom. The Balaban J connectivity index is 2.18. The molecule has 0 aromatic heterocycles. The first-order valence-corrected chi connectivity index (χ1v) is 4.52. The Morgan fingerprint density at radius 3 is 3.08 bits per heavy atom. The van der Waals surface area contributed by atoms with E-state index in [1.807, 2.05) is 31.2 Å². The zero-order chi connectivity index (χ0) is 9.05. The van der Waals surface area contributed by atoms with Crippen LogP contribution in [-0.4, -0.2) is 11.9 Å². The fourth-order valence-corrected chi connectivity index (χ4v) is 1.95. The topological polar surface area (TPSA) is 26.3 Å². The number of carbonyl (C=O) groups excluding carboxylic acids is 1. The summed E-state index contributed by atoms with van der Waals surface area (Å²) >= 11 is 0. The third-order valence-corrected chi connectivity index (χ3v) is 3.08. The van der Waals surface area contributed by atoms with E-state index in [1.54, 1.807) is 0 Å². The summed E-state index contributed by atoms with van der Waals surface area (Å²) in [5, 5.41) is 0. The van der Waals surface area contributed by atoms with Crippen molar-refractivity contribution in [2.45, 2.75) is 19.4 Å². The normalized spacial score (nSPS) is 34.5. The first-order valence-electron chi connectivity index (χ1n) is 4.52. The monoisotopic (exact) mass is 174 g/mol. The highest BCUT2D eigenvalue weighted by Gasteiger charge is 2.61. The Labute approximate surface area is 76.5 Å². The number of hydrogen-bond acceptors (Lipinski definition) is 2. The number of hydrogen-bond donors (Lipinski definition) is 0. The van der Waals surface area contributed by atoms with Crippen LogP contribution in [-0.2, 0) is 0 Å². The fraction of sp³-hybridized carbons (Fsp3) is 0.364. The molecule has 1 fully saturated rings. The van der Waals surface area contributed by atoms with Crippen LogP contribution in [0.1, 0.15) is 23.7 Å². The molecule has 3 rings (SSSR count). The third-order valence-electron chi connectivity index (χ3n) is 3.08. The highest BCUT2D eigenvalue weighted by Crippen LogP contribution is 2.54. The van der Waals surface area contributed by atoms with Gasteiger partial charge in [0.05, 0.1) is 11.0 Å². The van der Waals surface area contributed by atoms with Crippen molar-refractivity contribution >= 4 is 5.78 Å². The molecule has 66 valence electrons. The number of benzene rings is 1. The van der Waals surface area contributed by atoms with E-state index in [9.17, 15) is 4.79 Å². The maximum absolute atomic E-state index is 11.9. The molecule has 2 unspecified atom stereocenters. The molecular weight excluding hydrogens is 164 g/mol. The summed E-state index contributed by atoms with van der Waals surface area (Å²) in [5.74, 6) is 1.01. The summed E-state index contributed by atoms with van der Waals surface area (Å²) in [6.07, 6.45) is 1.01. The van der Waals surface area contributed by atoms with E-state index >= 15 is 0 Å². The molecule has 2 nitrogen and oxygen atoms in total. The fourth-order valence-electron chi connectivity index (χ4n) is 1.95. The van der Waals surface area contributed by atoms with Crippen molar-refractivity contribution in [3.8, 4) is 5.75 Å². The van der Waals surface area contributed by atoms with Crippen molar-refractivity contribution in [3.05, 3.63) is 29.8 Å². The van der Waals surface area contributed by atoms with Crippen molar-refractivity contribution in [3.63, 3.8) is 0 Å². The van der Waals surface area contributed by atoms with Gasteiger partial charge in [-0.25, -0.2) is 0 Å². The molecule has 1 saturated carbocycles. The minimum absolute atomic E-state index is 0.134. The molecular formula is C11H10O2. The maximum atomic E-state index is 11.9. The number of carbonyl (C=O) groups is 1. The van der Waals surface area contributed by atoms with E-state index in [2.05, 4.69) is 0 Å². The number of ether oxygens (including phenoxy) is 1. The minimum Gasteiger partial charge on any atom is -0.489 e. The molecule has 13 heavy (non-hydrogen) atoms. The van der Waals surface area contributed by atoms with Crippen LogP contribution >= 0.6 is 0 Å². The molecule has 2 atom stereocenters. The van der Waals surface area contributed by atoms with Crippen molar-refractivity contribution in [1.82, 2.24) is 0 Å². The van der Waals surface area contributed by atoms with E-state index in [4.69, 9.17) is 4.74 Å². The average molecular weight is 174 g/mol. The summed E-state index contributed by atoms with van der Waals surface area (Å²) in [4.78, 5) is 11.9. The second-order valence-corrected chi connectivity index (χ2v) is 4.05. The van der Waals surface area contributed by atoms with E-state index in [-0.39, 0.29) is 17.3 Å². The lowest BCUT2D eigenvalue weighted by atomic mass is 9.94. The largest absolute Gasteiger partial charge is 0.489 e. The Kier molecular flexibility index (Phi) is 1.07. The number of rotatable bonds is 0. The SMILES string of the molecule is CC12CC1Oc1ccccc1C2=O. The zero-order valence-electron chi connectivity index (χ0n) is 7.41. The summed E-state index contributed by atoms with van der Waals surface area (Å²) in [6, 6.07) is 7.49. The standard InChI is InChI=1S/C11H10O2/c1-11-6-9(11)13-8-5-3-2-4-7(8)10(11)12/h2-5,9H,6H2,1H3. The van der Waals surface area contributed by atoms with Gasteiger partial charge in [-0.3, -0.25) is 4.79 Å². The van der Waals surface area contributed by atoms with Gasteiger partial charge in [-0.1, -0.05) is 12.1 Å². The zero-order valence-corrected chi connectivity index (χ0v) is 7.41. The van der Waals surface area contributed by atoms with Gasteiger partial charge >= 0.3 is 0 Å². The predicted molar refractivity (Wildman–Crippen MR) is 47.9 cm³/mol. The molecule has 0 N–H and O–H groups in total. The Bertz CT molecular complexity index is 397. The van der Waals surface area contributed by atoms with Gasteiger partial charge in [0.2, 0.25) is 0 Å². The van der Waals surface area contributed by atoms with E-state index < -0.39 is 0 Å². The predicted octanol–water partition coefficient (Wildman–Crippen LogP) is 2.04. The summed E-state index contributed by atoms with van der Waals surface area (Å²) in [7, 11) is 0. The van der Waals surface area contributed by atoms with Gasteiger partial charge in [-0.15, -0.1) is 0 Å². The van der Waals surface area contributed by atoms with Crippen molar-refractivity contribution in [1.29, 1.82) is 0 Å². The minimum atomic E-state index is -0.214. The molecule has 0 saturated heterocycles. The second kappa shape index (κ2) is 1.95. The lowest BCUT2D eigenvalue weighted by Gasteiger charge is -2.20. The van der Waals surface area contributed by atoms with Crippen LogP contribution in [0.15, 0.2) is 24.3 Å². The van der Waals surface area contributed by atoms with Gasteiger partial charge in [-0.2, -0.15) is 0 Å². The van der Waals surface area contributed by atoms with Gasteiger partial charge in [0.15, 0.2) is 5.78 Å². The second-order valence-electron chi connectivity index (χ2n) is 4.05. The number of fused-ring (bicyclic) bond motifs is 2. The highest BCUT2D eigenvalue weighted by molar-refractivity contribution is 6.06. The molecule has 1 heterocycles. The van der Waals surface area contributed by atoms with Crippen LogP contribution in [0.5, 0.6) is 5.75 Å². The van der Waals surface area contributed by atoms with Crippen molar-refractivity contribution < 1.29 is 9.53 Å². The molecule has 1 aliphatic carbocycles. The van der Waals surface area contributed by atoms with E-state index in [0.717, 1.165) is 17.7 Å². The molecule has 1 aromatic rings. The maximum Gasteiger partial charge on any atom is 0.176 e.